The molecule has 5 nitrogen and oxygen atoms in total. The van der Waals surface area contributed by atoms with E-state index in [0.29, 0.717) is 10.7 Å². The molecule has 1 aliphatic carbocycles. The van der Waals surface area contributed by atoms with Gasteiger partial charge in [0.05, 0.1) is 5.92 Å². The van der Waals surface area contributed by atoms with Crippen molar-refractivity contribution >= 4 is 27.9 Å². The molecule has 0 radical (unpaired) electrons. The van der Waals surface area contributed by atoms with Crippen molar-refractivity contribution in [3.05, 3.63) is 0 Å². The van der Waals surface area contributed by atoms with Crippen molar-refractivity contribution in [1.29, 1.82) is 0 Å². The number of alkyl carbamates (subject to hydrolysis) is 1. The van der Waals surface area contributed by atoms with Crippen molar-refractivity contribution in [2.45, 2.75) is 56.6 Å². The number of carbonyl (C=O) groups is 1. The second kappa shape index (κ2) is 5.07. The molecule has 1 aliphatic heterocycles. The standard InChI is InChI=1S/C12H19BrN2O3/c1-12(2,3)17-11(16)14-10-8-5-4-7(13)6-9(8)18-15-10/h7-9H,4-6H2,1-3H3,(H,14,15,16). The Balaban J connectivity index is 1.89. The third-order valence-corrected chi connectivity index (χ3v) is 3.83. The molecule has 1 fully saturated rings. The summed E-state index contributed by atoms with van der Waals surface area (Å²) in [6.07, 6.45) is 2.57. The van der Waals surface area contributed by atoms with Gasteiger partial charge in [0.1, 0.15) is 11.7 Å². The molecule has 18 heavy (non-hydrogen) atoms. The Morgan fingerprint density at radius 1 is 1.50 bits per heavy atom. The maximum Gasteiger partial charge on any atom is 0.413 e. The van der Waals surface area contributed by atoms with Crippen LogP contribution in [0.5, 0.6) is 0 Å². The first-order valence-corrected chi connectivity index (χ1v) is 7.14. The van der Waals surface area contributed by atoms with Gasteiger partial charge >= 0.3 is 6.09 Å². The smallest absolute Gasteiger partial charge is 0.413 e. The zero-order chi connectivity index (χ0) is 13.3. The summed E-state index contributed by atoms with van der Waals surface area (Å²) in [5.74, 6) is 0.792. The van der Waals surface area contributed by atoms with E-state index in [2.05, 4.69) is 26.4 Å². The van der Waals surface area contributed by atoms with Gasteiger partial charge in [-0.05, 0) is 33.6 Å². The number of amidine groups is 1. The molecular formula is C12H19BrN2O3. The van der Waals surface area contributed by atoms with Crippen molar-refractivity contribution in [3.63, 3.8) is 0 Å². The molecule has 0 aromatic heterocycles. The Labute approximate surface area is 115 Å². The average molecular weight is 319 g/mol. The lowest BCUT2D eigenvalue weighted by Crippen LogP contribution is -2.42. The van der Waals surface area contributed by atoms with Crippen LogP contribution in [0.3, 0.4) is 0 Å². The van der Waals surface area contributed by atoms with Gasteiger partial charge in [-0.1, -0.05) is 21.1 Å². The summed E-state index contributed by atoms with van der Waals surface area (Å²) >= 11 is 3.59. The molecule has 0 bridgehead atoms. The Morgan fingerprint density at radius 2 is 2.22 bits per heavy atom. The minimum atomic E-state index is -0.503. The Kier molecular flexibility index (Phi) is 3.84. The summed E-state index contributed by atoms with van der Waals surface area (Å²) < 4.78 is 5.20. The number of rotatable bonds is 0. The molecule has 0 saturated heterocycles. The molecule has 1 saturated carbocycles. The monoisotopic (exact) mass is 318 g/mol. The van der Waals surface area contributed by atoms with Crippen LogP contribution in [0.1, 0.15) is 40.0 Å². The normalized spacial score (nSPS) is 31.1. The largest absolute Gasteiger partial charge is 0.444 e. The molecule has 3 atom stereocenters. The van der Waals surface area contributed by atoms with Gasteiger partial charge in [0.2, 0.25) is 0 Å². The summed E-state index contributed by atoms with van der Waals surface area (Å²) in [5, 5.41) is 6.67. The molecule has 6 heteroatoms. The lowest BCUT2D eigenvalue weighted by Gasteiger charge is -2.27. The third kappa shape index (κ3) is 3.37. The molecule has 2 aliphatic rings. The number of alkyl halides is 1. The highest BCUT2D eigenvalue weighted by molar-refractivity contribution is 9.09. The fourth-order valence-corrected chi connectivity index (χ4v) is 2.86. The maximum atomic E-state index is 11.7. The van der Waals surface area contributed by atoms with E-state index in [0.717, 1.165) is 19.3 Å². The van der Waals surface area contributed by atoms with Gasteiger partial charge in [0.15, 0.2) is 5.84 Å². The van der Waals surface area contributed by atoms with Gasteiger partial charge in [0.25, 0.3) is 0 Å². The topological polar surface area (TPSA) is 59.9 Å². The summed E-state index contributed by atoms with van der Waals surface area (Å²) in [6.45, 7) is 5.50. The van der Waals surface area contributed by atoms with Crippen molar-refractivity contribution in [1.82, 2.24) is 5.32 Å². The highest BCUT2D eigenvalue weighted by atomic mass is 79.9. The lowest BCUT2D eigenvalue weighted by atomic mass is 9.86. The highest BCUT2D eigenvalue weighted by Gasteiger charge is 2.40. The van der Waals surface area contributed by atoms with Gasteiger partial charge in [-0.25, -0.2) is 4.79 Å². The second-order valence-electron chi connectivity index (χ2n) is 5.76. The number of hydrogen-bond donors (Lipinski definition) is 1. The van der Waals surface area contributed by atoms with Crippen LogP contribution in [-0.2, 0) is 9.57 Å². The van der Waals surface area contributed by atoms with Crippen LogP contribution in [-0.4, -0.2) is 28.5 Å². The molecule has 0 aromatic carbocycles. The number of nitrogens with one attached hydrogen (secondary N) is 1. The van der Waals surface area contributed by atoms with E-state index < -0.39 is 11.7 Å². The summed E-state index contributed by atoms with van der Waals surface area (Å²) in [5.41, 5.74) is -0.503. The molecule has 1 heterocycles. The number of nitrogens with zero attached hydrogens (tertiary/aromatic N) is 1. The van der Waals surface area contributed by atoms with E-state index >= 15 is 0 Å². The van der Waals surface area contributed by atoms with Crippen LogP contribution < -0.4 is 5.32 Å². The van der Waals surface area contributed by atoms with E-state index in [4.69, 9.17) is 9.57 Å². The Morgan fingerprint density at radius 3 is 2.89 bits per heavy atom. The first-order valence-electron chi connectivity index (χ1n) is 6.23. The predicted molar refractivity (Wildman–Crippen MR) is 71.7 cm³/mol. The number of halogens is 1. The SMILES string of the molecule is CC(C)(C)OC(=O)NC1=NOC2CC(Br)CCC12. The van der Waals surface area contributed by atoms with Gasteiger partial charge in [0, 0.05) is 11.2 Å². The third-order valence-electron chi connectivity index (χ3n) is 2.99. The second-order valence-corrected chi connectivity index (χ2v) is 7.06. The molecule has 3 unspecified atom stereocenters. The first-order chi connectivity index (χ1) is 8.35. The zero-order valence-corrected chi connectivity index (χ0v) is 12.5. The van der Waals surface area contributed by atoms with E-state index in [1.807, 2.05) is 20.8 Å². The summed E-state index contributed by atoms with van der Waals surface area (Å²) in [6, 6.07) is 0. The van der Waals surface area contributed by atoms with Crippen molar-refractivity contribution in [3.8, 4) is 0 Å². The lowest BCUT2D eigenvalue weighted by molar-refractivity contribution is 0.0420. The van der Waals surface area contributed by atoms with Gasteiger partial charge in [-0.2, -0.15) is 0 Å². The average Bonchev–Trinajstić information content (AvgIpc) is 2.57. The number of hydrogen-bond acceptors (Lipinski definition) is 4. The molecule has 2 rings (SSSR count). The van der Waals surface area contributed by atoms with Gasteiger partial charge < -0.3 is 9.57 Å². The predicted octanol–water partition coefficient (Wildman–Crippen LogP) is 2.79. The fraction of sp³-hybridized carbons (Fsp3) is 0.833. The van der Waals surface area contributed by atoms with E-state index in [9.17, 15) is 4.79 Å². The summed E-state index contributed by atoms with van der Waals surface area (Å²) in [4.78, 5) is 17.5. The minimum absolute atomic E-state index is 0.0769. The number of carbonyl (C=O) groups excluding carboxylic acids is 1. The van der Waals surface area contributed by atoms with Crippen molar-refractivity contribution in [2.24, 2.45) is 11.1 Å². The first kappa shape index (κ1) is 13.6. The number of amides is 1. The molecule has 0 spiro atoms. The van der Waals surface area contributed by atoms with Crippen LogP contribution >= 0.6 is 15.9 Å². The van der Waals surface area contributed by atoms with Crippen LogP contribution in [0.25, 0.3) is 0 Å². The maximum absolute atomic E-state index is 11.7. The molecule has 102 valence electrons. The molecule has 0 aromatic rings. The minimum Gasteiger partial charge on any atom is -0.444 e. The van der Waals surface area contributed by atoms with Gasteiger partial charge in [-0.15, -0.1) is 0 Å². The molecular weight excluding hydrogens is 300 g/mol. The van der Waals surface area contributed by atoms with Crippen LogP contribution in [0.4, 0.5) is 4.79 Å². The van der Waals surface area contributed by atoms with E-state index in [1.54, 1.807) is 0 Å². The number of oxime groups is 1. The van der Waals surface area contributed by atoms with E-state index in [-0.39, 0.29) is 12.0 Å². The Hall–Kier alpha value is -0.780. The van der Waals surface area contributed by atoms with Crippen LogP contribution in [0, 0.1) is 5.92 Å². The Bertz CT molecular complexity index is 365. The molecule has 1 N–H and O–H groups in total. The molecule has 1 amide bonds. The fourth-order valence-electron chi connectivity index (χ4n) is 2.23. The number of ether oxygens (including phenoxy) is 1. The summed E-state index contributed by atoms with van der Waals surface area (Å²) in [7, 11) is 0. The zero-order valence-electron chi connectivity index (χ0n) is 10.9. The highest BCUT2D eigenvalue weighted by Crippen LogP contribution is 2.34. The van der Waals surface area contributed by atoms with Crippen molar-refractivity contribution < 1.29 is 14.4 Å². The van der Waals surface area contributed by atoms with Crippen LogP contribution in [0.15, 0.2) is 5.16 Å². The van der Waals surface area contributed by atoms with E-state index in [1.165, 1.54) is 0 Å². The van der Waals surface area contributed by atoms with Gasteiger partial charge in [-0.3, -0.25) is 5.32 Å². The van der Waals surface area contributed by atoms with Crippen molar-refractivity contribution in [2.75, 3.05) is 0 Å². The van der Waals surface area contributed by atoms with Crippen LogP contribution in [0.2, 0.25) is 0 Å². The number of fused-ring (bicyclic) bond motifs is 1. The quantitative estimate of drug-likeness (QED) is 0.699.